The van der Waals surface area contributed by atoms with E-state index in [1.54, 1.807) is 11.3 Å². The normalized spacial score (nSPS) is 16.8. The molecule has 5 nitrogen and oxygen atoms in total. The van der Waals surface area contributed by atoms with Gasteiger partial charge in [-0.1, -0.05) is 12.1 Å². The van der Waals surface area contributed by atoms with Gasteiger partial charge in [-0.25, -0.2) is 4.98 Å². The van der Waals surface area contributed by atoms with Gasteiger partial charge < -0.3 is 10.1 Å². The largest absolute Gasteiger partial charge is 0.379 e. The lowest BCUT2D eigenvalue weighted by Gasteiger charge is -2.29. The monoisotopic (exact) mass is 345 g/mol. The van der Waals surface area contributed by atoms with Crippen LogP contribution in [0.25, 0.3) is 10.6 Å². The lowest BCUT2D eigenvalue weighted by Crippen LogP contribution is -2.46. The maximum absolute atomic E-state index is 12.4. The van der Waals surface area contributed by atoms with Gasteiger partial charge in [0.1, 0.15) is 5.01 Å². The lowest BCUT2D eigenvalue weighted by atomic mass is 10.1. The molecule has 0 bridgehead atoms. The Balaban J connectivity index is 1.56. The first-order chi connectivity index (χ1) is 11.6. The number of nitrogens with zero attached hydrogens (tertiary/aromatic N) is 2. The van der Waals surface area contributed by atoms with Gasteiger partial charge in [0, 0.05) is 47.9 Å². The molecule has 2 aromatic rings. The van der Waals surface area contributed by atoms with Crippen LogP contribution in [0.15, 0.2) is 29.6 Å². The second-order valence-electron chi connectivity index (χ2n) is 6.16. The van der Waals surface area contributed by atoms with Gasteiger partial charge in [0.15, 0.2) is 0 Å². The number of rotatable bonds is 5. The number of ether oxygens (including phenoxy) is 1. The summed E-state index contributed by atoms with van der Waals surface area (Å²) in [5, 5.41) is 6.09. The number of carbonyl (C=O) groups excluding carboxylic acids is 1. The molecule has 24 heavy (non-hydrogen) atoms. The summed E-state index contributed by atoms with van der Waals surface area (Å²) < 4.78 is 5.35. The van der Waals surface area contributed by atoms with Gasteiger partial charge in [0.25, 0.3) is 5.91 Å². The first kappa shape index (κ1) is 17.1. The molecule has 6 heteroatoms. The lowest BCUT2D eigenvalue weighted by molar-refractivity contribution is 0.0342. The van der Waals surface area contributed by atoms with Crippen LogP contribution in [0.1, 0.15) is 23.0 Å². The Morgan fingerprint density at radius 3 is 2.67 bits per heavy atom. The fourth-order valence-corrected chi connectivity index (χ4v) is 3.58. The zero-order chi connectivity index (χ0) is 16.9. The standard InChI is InChI=1S/C18H23N3O2S/c1-13(11-21-7-9-23-10-8-21)19-17(22)15-3-5-16(6-4-15)18-20-14(2)12-24-18/h3-6,12-13H,7-11H2,1-2H3,(H,19,22)/t13-/m1/s1. The molecule has 1 aliphatic heterocycles. The van der Waals surface area contributed by atoms with Gasteiger partial charge in [0.05, 0.1) is 13.2 Å². The van der Waals surface area contributed by atoms with Crippen LogP contribution in [-0.2, 0) is 4.74 Å². The van der Waals surface area contributed by atoms with Crippen molar-refractivity contribution in [3.8, 4) is 10.6 Å². The van der Waals surface area contributed by atoms with Gasteiger partial charge in [-0.2, -0.15) is 0 Å². The fraction of sp³-hybridized carbons (Fsp3) is 0.444. The Labute approximate surface area is 146 Å². The Morgan fingerprint density at radius 1 is 1.33 bits per heavy atom. The van der Waals surface area contributed by atoms with E-state index in [4.69, 9.17) is 4.74 Å². The zero-order valence-electron chi connectivity index (χ0n) is 14.1. The molecule has 1 aromatic carbocycles. The quantitative estimate of drug-likeness (QED) is 0.905. The Morgan fingerprint density at radius 2 is 2.04 bits per heavy atom. The molecule has 1 saturated heterocycles. The molecule has 1 amide bonds. The highest BCUT2D eigenvalue weighted by molar-refractivity contribution is 7.13. The average Bonchev–Trinajstić information content (AvgIpc) is 3.02. The van der Waals surface area contributed by atoms with E-state index < -0.39 is 0 Å². The minimum Gasteiger partial charge on any atom is -0.379 e. The van der Waals surface area contributed by atoms with Crippen LogP contribution in [0.3, 0.4) is 0 Å². The van der Waals surface area contributed by atoms with Crippen LogP contribution < -0.4 is 5.32 Å². The minimum atomic E-state index is -0.0300. The third kappa shape index (κ3) is 4.41. The van der Waals surface area contributed by atoms with Crippen molar-refractivity contribution < 1.29 is 9.53 Å². The fourth-order valence-electron chi connectivity index (χ4n) is 2.77. The molecule has 0 aliphatic carbocycles. The van der Waals surface area contributed by atoms with Gasteiger partial charge in [-0.15, -0.1) is 11.3 Å². The summed E-state index contributed by atoms with van der Waals surface area (Å²) >= 11 is 1.62. The number of nitrogens with one attached hydrogen (secondary N) is 1. The molecule has 0 spiro atoms. The molecule has 2 heterocycles. The summed E-state index contributed by atoms with van der Waals surface area (Å²) in [5.74, 6) is -0.0300. The SMILES string of the molecule is Cc1csc(-c2ccc(C(=O)N[C@H](C)CN3CCOCC3)cc2)n1. The van der Waals surface area contributed by atoms with E-state index in [0.717, 1.165) is 49.1 Å². The van der Waals surface area contributed by atoms with Gasteiger partial charge in [0.2, 0.25) is 0 Å². The molecular formula is C18H23N3O2S. The first-order valence-electron chi connectivity index (χ1n) is 8.25. The van der Waals surface area contributed by atoms with E-state index >= 15 is 0 Å². The zero-order valence-corrected chi connectivity index (χ0v) is 14.9. The highest BCUT2D eigenvalue weighted by Crippen LogP contribution is 2.23. The Hall–Kier alpha value is -1.76. The van der Waals surface area contributed by atoms with Crippen molar-refractivity contribution in [1.82, 2.24) is 15.2 Å². The smallest absolute Gasteiger partial charge is 0.251 e. The summed E-state index contributed by atoms with van der Waals surface area (Å²) in [6.45, 7) is 8.30. The topological polar surface area (TPSA) is 54.5 Å². The molecule has 0 unspecified atom stereocenters. The van der Waals surface area contributed by atoms with Gasteiger partial charge in [-0.3, -0.25) is 9.69 Å². The van der Waals surface area contributed by atoms with Crippen LogP contribution in [0.4, 0.5) is 0 Å². The number of hydrogen-bond donors (Lipinski definition) is 1. The number of hydrogen-bond acceptors (Lipinski definition) is 5. The van der Waals surface area contributed by atoms with E-state index in [2.05, 4.69) is 15.2 Å². The first-order valence-corrected chi connectivity index (χ1v) is 9.13. The third-order valence-electron chi connectivity index (χ3n) is 4.03. The van der Waals surface area contributed by atoms with Gasteiger partial charge >= 0.3 is 0 Å². The van der Waals surface area contributed by atoms with Crippen molar-refractivity contribution in [2.75, 3.05) is 32.8 Å². The highest BCUT2D eigenvalue weighted by Gasteiger charge is 2.16. The van der Waals surface area contributed by atoms with E-state index in [1.807, 2.05) is 43.5 Å². The van der Waals surface area contributed by atoms with Crippen molar-refractivity contribution in [2.24, 2.45) is 0 Å². The van der Waals surface area contributed by atoms with E-state index in [1.165, 1.54) is 0 Å². The Kier molecular flexibility index (Phi) is 5.60. The molecule has 1 aliphatic rings. The third-order valence-corrected chi connectivity index (χ3v) is 5.04. The van der Waals surface area contributed by atoms with Crippen LogP contribution in [-0.4, -0.2) is 54.7 Å². The van der Waals surface area contributed by atoms with E-state index in [0.29, 0.717) is 5.56 Å². The van der Waals surface area contributed by atoms with Crippen molar-refractivity contribution in [3.05, 3.63) is 40.9 Å². The number of morpholine rings is 1. The number of aromatic nitrogens is 1. The summed E-state index contributed by atoms with van der Waals surface area (Å²) in [6, 6.07) is 7.75. The summed E-state index contributed by atoms with van der Waals surface area (Å²) in [7, 11) is 0. The minimum absolute atomic E-state index is 0.0300. The maximum Gasteiger partial charge on any atom is 0.251 e. The Bertz CT molecular complexity index is 678. The highest BCUT2D eigenvalue weighted by atomic mass is 32.1. The summed E-state index contributed by atoms with van der Waals surface area (Å²) in [5.41, 5.74) is 2.75. The molecule has 1 aromatic heterocycles. The number of benzene rings is 1. The number of aryl methyl sites for hydroxylation is 1. The molecule has 1 N–H and O–H groups in total. The summed E-state index contributed by atoms with van der Waals surface area (Å²) in [6.07, 6.45) is 0. The predicted molar refractivity (Wildman–Crippen MR) is 96.5 cm³/mol. The van der Waals surface area contributed by atoms with Crippen LogP contribution in [0, 0.1) is 6.92 Å². The molecule has 128 valence electrons. The molecule has 3 rings (SSSR count). The average molecular weight is 345 g/mol. The number of amides is 1. The van der Waals surface area contributed by atoms with Crippen molar-refractivity contribution >= 4 is 17.2 Å². The molecule has 1 fully saturated rings. The summed E-state index contributed by atoms with van der Waals surface area (Å²) in [4.78, 5) is 19.2. The van der Waals surface area contributed by atoms with E-state index in [-0.39, 0.29) is 11.9 Å². The molecule has 0 radical (unpaired) electrons. The molecular weight excluding hydrogens is 322 g/mol. The second-order valence-corrected chi connectivity index (χ2v) is 7.02. The number of carbonyl (C=O) groups is 1. The van der Waals surface area contributed by atoms with Crippen LogP contribution in [0.2, 0.25) is 0 Å². The van der Waals surface area contributed by atoms with E-state index in [9.17, 15) is 4.79 Å². The van der Waals surface area contributed by atoms with Gasteiger partial charge in [-0.05, 0) is 26.0 Å². The van der Waals surface area contributed by atoms with Crippen molar-refractivity contribution in [2.45, 2.75) is 19.9 Å². The van der Waals surface area contributed by atoms with Crippen molar-refractivity contribution in [3.63, 3.8) is 0 Å². The second kappa shape index (κ2) is 7.88. The molecule has 1 atom stereocenters. The molecule has 0 saturated carbocycles. The number of thiazole rings is 1. The van der Waals surface area contributed by atoms with Crippen LogP contribution >= 0.6 is 11.3 Å². The van der Waals surface area contributed by atoms with Crippen molar-refractivity contribution in [1.29, 1.82) is 0 Å². The van der Waals surface area contributed by atoms with Crippen LogP contribution in [0.5, 0.6) is 0 Å². The predicted octanol–water partition coefficient (Wildman–Crippen LogP) is 2.57. The maximum atomic E-state index is 12.4.